The normalized spacial score (nSPS) is 11.1. The van der Waals surface area contributed by atoms with Gasteiger partial charge in [-0.3, -0.25) is 0 Å². The predicted molar refractivity (Wildman–Crippen MR) is 150 cm³/mol. The highest BCUT2D eigenvalue weighted by atomic mass is 79.9. The topological polar surface area (TPSA) is 12.0 Å². The van der Waals surface area contributed by atoms with E-state index in [4.69, 9.17) is 0 Å². The molecule has 0 aliphatic carbocycles. The van der Waals surface area contributed by atoms with Gasteiger partial charge < -0.3 is 5.32 Å². The van der Waals surface area contributed by atoms with Gasteiger partial charge in [-0.1, -0.05) is 107 Å². The number of hydrogen-bond acceptors (Lipinski definition) is 1. The zero-order chi connectivity index (χ0) is 22.9. The first-order valence-corrected chi connectivity index (χ1v) is 12.2. The lowest BCUT2D eigenvalue weighted by molar-refractivity contribution is 1.53. The van der Waals surface area contributed by atoms with Crippen molar-refractivity contribution in [1.29, 1.82) is 0 Å². The molecule has 0 amide bonds. The second-order valence-corrected chi connectivity index (χ2v) is 9.39. The zero-order valence-electron chi connectivity index (χ0n) is 18.5. The number of hydrogen-bond donors (Lipinski definition) is 1. The van der Waals surface area contributed by atoms with Gasteiger partial charge in [0.05, 0.1) is 0 Å². The van der Waals surface area contributed by atoms with E-state index < -0.39 is 0 Å². The molecule has 0 aliphatic rings. The molecular weight excluding hydrogens is 478 g/mol. The Morgan fingerprint density at radius 3 is 1.74 bits per heavy atom. The average Bonchev–Trinajstić information content (AvgIpc) is 2.90. The molecule has 0 aliphatic heterocycles. The Morgan fingerprint density at radius 2 is 1.00 bits per heavy atom. The third kappa shape index (κ3) is 3.98. The summed E-state index contributed by atoms with van der Waals surface area (Å²) in [5.41, 5.74) is 7.07. The van der Waals surface area contributed by atoms with Gasteiger partial charge in [0.25, 0.3) is 0 Å². The Morgan fingerprint density at radius 1 is 0.412 bits per heavy atom. The predicted octanol–water partition coefficient (Wildman–Crippen LogP) is 9.83. The van der Waals surface area contributed by atoms with Crippen LogP contribution in [-0.4, -0.2) is 0 Å². The molecule has 0 unspecified atom stereocenters. The molecule has 0 heterocycles. The molecule has 1 N–H and O–H groups in total. The lowest BCUT2D eigenvalue weighted by Gasteiger charge is -2.11. The van der Waals surface area contributed by atoms with Crippen LogP contribution in [0.15, 0.2) is 132 Å². The van der Waals surface area contributed by atoms with E-state index in [1.807, 2.05) is 12.1 Å². The van der Waals surface area contributed by atoms with Crippen LogP contribution in [-0.2, 0) is 0 Å². The van der Waals surface area contributed by atoms with Crippen molar-refractivity contribution in [2.45, 2.75) is 0 Å². The quantitative estimate of drug-likeness (QED) is 0.238. The number of rotatable bonds is 4. The number of fused-ring (bicyclic) bond motifs is 3. The van der Waals surface area contributed by atoms with Crippen LogP contribution in [0.1, 0.15) is 0 Å². The fraction of sp³-hybridized carbons (Fsp3) is 0. The summed E-state index contributed by atoms with van der Waals surface area (Å²) < 4.78 is 1.08. The van der Waals surface area contributed by atoms with E-state index in [1.54, 1.807) is 0 Å². The van der Waals surface area contributed by atoms with E-state index in [2.05, 4.69) is 137 Å². The van der Waals surface area contributed by atoms with Crippen LogP contribution in [0.25, 0.3) is 43.8 Å². The Hall–Kier alpha value is -3.88. The van der Waals surface area contributed by atoms with Crippen molar-refractivity contribution >= 4 is 48.8 Å². The van der Waals surface area contributed by atoms with Crippen molar-refractivity contribution in [3.8, 4) is 22.3 Å². The van der Waals surface area contributed by atoms with Crippen molar-refractivity contribution in [3.05, 3.63) is 132 Å². The third-order valence-electron chi connectivity index (χ3n) is 6.33. The standard InChI is InChI=1S/C32H22BrN/c33-26-15-19-28(20-16-26)34-27-17-12-23(13-18-27)22-8-10-25(11-9-22)30-6-3-7-31-29-5-2-1-4-24(29)14-21-32(30)31/h1-21,34H. The smallest absolute Gasteiger partial charge is 0.0384 e. The highest BCUT2D eigenvalue weighted by Gasteiger charge is 2.07. The maximum absolute atomic E-state index is 3.48. The summed E-state index contributed by atoms with van der Waals surface area (Å²) in [4.78, 5) is 0. The van der Waals surface area contributed by atoms with Gasteiger partial charge in [0.1, 0.15) is 0 Å². The molecule has 0 aromatic heterocycles. The van der Waals surface area contributed by atoms with Crippen molar-refractivity contribution in [3.63, 3.8) is 0 Å². The van der Waals surface area contributed by atoms with Gasteiger partial charge in [-0.05, 0) is 80.2 Å². The number of halogens is 1. The fourth-order valence-corrected chi connectivity index (χ4v) is 4.84. The molecule has 0 atom stereocenters. The number of benzene rings is 6. The minimum Gasteiger partial charge on any atom is -0.356 e. The monoisotopic (exact) mass is 499 g/mol. The molecule has 0 radical (unpaired) electrons. The molecule has 0 bridgehead atoms. The SMILES string of the molecule is Brc1ccc(Nc2ccc(-c3ccc(-c4cccc5c4ccc4ccccc45)cc3)cc2)cc1. The Balaban J connectivity index is 1.28. The summed E-state index contributed by atoms with van der Waals surface area (Å²) >= 11 is 3.48. The molecule has 0 spiro atoms. The molecule has 0 saturated heterocycles. The summed E-state index contributed by atoms with van der Waals surface area (Å²) in [7, 11) is 0. The lowest BCUT2D eigenvalue weighted by Crippen LogP contribution is -1.89. The minimum absolute atomic E-state index is 1.07. The highest BCUT2D eigenvalue weighted by Crippen LogP contribution is 2.34. The number of nitrogens with one attached hydrogen (secondary N) is 1. The fourth-order valence-electron chi connectivity index (χ4n) is 4.58. The first-order valence-electron chi connectivity index (χ1n) is 11.4. The van der Waals surface area contributed by atoms with Crippen LogP contribution < -0.4 is 5.32 Å². The maximum atomic E-state index is 3.48. The molecule has 2 heteroatoms. The van der Waals surface area contributed by atoms with E-state index in [-0.39, 0.29) is 0 Å². The van der Waals surface area contributed by atoms with E-state index >= 15 is 0 Å². The summed E-state index contributed by atoms with van der Waals surface area (Å²) in [6, 6.07) is 45.3. The first-order chi connectivity index (χ1) is 16.7. The largest absolute Gasteiger partial charge is 0.356 e. The maximum Gasteiger partial charge on any atom is 0.0384 e. The molecule has 6 aromatic rings. The van der Waals surface area contributed by atoms with Gasteiger partial charge in [0, 0.05) is 15.8 Å². The van der Waals surface area contributed by atoms with Gasteiger partial charge in [0.2, 0.25) is 0 Å². The van der Waals surface area contributed by atoms with E-state index in [1.165, 1.54) is 43.8 Å². The second kappa shape index (κ2) is 8.81. The Labute approximate surface area is 207 Å². The Kier molecular flexibility index (Phi) is 5.37. The number of anilines is 2. The van der Waals surface area contributed by atoms with E-state index in [9.17, 15) is 0 Å². The van der Waals surface area contributed by atoms with Crippen molar-refractivity contribution in [1.82, 2.24) is 0 Å². The zero-order valence-corrected chi connectivity index (χ0v) is 20.1. The van der Waals surface area contributed by atoms with Gasteiger partial charge in [-0.15, -0.1) is 0 Å². The van der Waals surface area contributed by atoms with Crippen molar-refractivity contribution < 1.29 is 0 Å². The average molecular weight is 500 g/mol. The van der Waals surface area contributed by atoms with Crippen LogP contribution in [0.2, 0.25) is 0 Å². The molecule has 6 aromatic carbocycles. The lowest BCUT2D eigenvalue weighted by atomic mass is 9.94. The summed E-state index contributed by atoms with van der Waals surface area (Å²) in [6.45, 7) is 0. The van der Waals surface area contributed by atoms with Crippen LogP contribution in [0.5, 0.6) is 0 Å². The second-order valence-electron chi connectivity index (χ2n) is 8.47. The van der Waals surface area contributed by atoms with Gasteiger partial charge in [-0.25, -0.2) is 0 Å². The van der Waals surface area contributed by atoms with Crippen molar-refractivity contribution in [2.24, 2.45) is 0 Å². The molecule has 1 nitrogen and oxygen atoms in total. The minimum atomic E-state index is 1.07. The van der Waals surface area contributed by atoms with Gasteiger partial charge >= 0.3 is 0 Å². The van der Waals surface area contributed by atoms with Crippen LogP contribution in [0.4, 0.5) is 11.4 Å². The third-order valence-corrected chi connectivity index (χ3v) is 6.86. The molecule has 34 heavy (non-hydrogen) atoms. The first kappa shape index (κ1) is 20.7. The molecule has 6 rings (SSSR count). The van der Waals surface area contributed by atoms with Crippen LogP contribution in [0, 0.1) is 0 Å². The van der Waals surface area contributed by atoms with Gasteiger partial charge in [0.15, 0.2) is 0 Å². The summed E-state index contributed by atoms with van der Waals surface area (Å²) in [5, 5.41) is 8.62. The van der Waals surface area contributed by atoms with E-state index in [0.717, 1.165) is 15.8 Å². The van der Waals surface area contributed by atoms with Crippen LogP contribution in [0.3, 0.4) is 0 Å². The Bertz CT molecular complexity index is 1600. The molecule has 162 valence electrons. The summed E-state index contributed by atoms with van der Waals surface area (Å²) in [5.74, 6) is 0. The molecule has 0 saturated carbocycles. The van der Waals surface area contributed by atoms with Gasteiger partial charge in [-0.2, -0.15) is 0 Å². The molecule has 0 fully saturated rings. The summed E-state index contributed by atoms with van der Waals surface area (Å²) in [6.07, 6.45) is 0. The molecular formula is C32H22BrN. The van der Waals surface area contributed by atoms with E-state index in [0.29, 0.717) is 0 Å². The van der Waals surface area contributed by atoms with Crippen LogP contribution >= 0.6 is 15.9 Å². The highest BCUT2D eigenvalue weighted by molar-refractivity contribution is 9.10. The van der Waals surface area contributed by atoms with Crippen molar-refractivity contribution in [2.75, 3.05) is 5.32 Å².